The van der Waals surface area contributed by atoms with Crippen molar-refractivity contribution in [2.45, 2.75) is 52.0 Å². The molecule has 1 aliphatic carbocycles. The van der Waals surface area contributed by atoms with Crippen LogP contribution in [0.3, 0.4) is 0 Å². The number of aryl methyl sites for hydroxylation is 1. The molecule has 1 fully saturated rings. The van der Waals surface area contributed by atoms with Crippen LogP contribution in [0.4, 0.5) is 0 Å². The monoisotopic (exact) mass is 386 g/mol. The van der Waals surface area contributed by atoms with Gasteiger partial charge < -0.3 is 10.2 Å². The highest BCUT2D eigenvalue weighted by molar-refractivity contribution is 7.13. The summed E-state index contributed by atoms with van der Waals surface area (Å²) in [6.07, 6.45) is 6.93. The Bertz CT molecular complexity index is 835. The Morgan fingerprint density at radius 2 is 2.11 bits per heavy atom. The molecule has 0 radical (unpaired) electrons. The Labute approximate surface area is 163 Å². The number of aromatic amines is 1. The molecule has 2 N–H and O–H groups in total. The van der Waals surface area contributed by atoms with Crippen LogP contribution >= 0.6 is 11.3 Å². The predicted molar refractivity (Wildman–Crippen MR) is 105 cm³/mol. The molecule has 2 aliphatic rings. The standard InChI is InChI=1S/C20H26N4O2S/c1-13-7-8-17(27-13)20(26)24-10-9-16-15(12-24)18(23-22-16)19(25)21-11-14-5-3-2-4-6-14/h7-8,14H,2-6,9-12H2,1H3,(H,21,25)(H,22,23). The topological polar surface area (TPSA) is 78.1 Å². The van der Waals surface area contributed by atoms with Crippen LogP contribution in [0, 0.1) is 12.8 Å². The molecule has 0 spiro atoms. The van der Waals surface area contributed by atoms with Gasteiger partial charge in [0.2, 0.25) is 0 Å². The third-order valence-corrected chi connectivity index (χ3v) is 6.65. The molecule has 3 heterocycles. The summed E-state index contributed by atoms with van der Waals surface area (Å²) in [6, 6.07) is 3.85. The lowest BCUT2D eigenvalue weighted by Crippen LogP contribution is -2.37. The lowest BCUT2D eigenvalue weighted by atomic mass is 9.89. The summed E-state index contributed by atoms with van der Waals surface area (Å²) in [5, 5.41) is 10.3. The van der Waals surface area contributed by atoms with Crippen molar-refractivity contribution in [2.24, 2.45) is 5.92 Å². The van der Waals surface area contributed by atoms with Crippen LogP contribution in [0.5, 0.6) is 0 Å². The maximum atomic E-state index is 12.8. The van der Waals surface area contributed by atoms with E-state index in [9.17, 15) is 9.59 Å². The Morgan fingerprint density at radius 3 is 2.85 bits per heavy atom. The van der Waals surface area contributed by atoms with Crippen molar-refractivity contribution in [3.63, 3.8) is 0 Å². The minimum absolute atomic E-state index is 0.0357. The molecule has 1 aliphatic heterocycles. The number of amides is 2. The van der Waals surface area contributed by atoms with Crippen LogP contribution in [0.2, 0.25) is 0 Å². The van der Waals surface area contributed by atoms with Gasteiger partial charge in [0.05, 0.1) is 11.4 Å². The Balaban J connectivity index is 1.43. The average Bonchev–Trinajstić information content (AvgIpc) is 3.32. The second-order valence-electron chi connectivity index (χ2n) is 7.63. The van der Waals surface area contributed by atoms with Gasteiger partial charge in [-0.25, -0.2) is 0 Å². The second kappa shape index (κ2) is 7.84. The number of hydrogen-bond donors (Lipinski definition) is 2. The summed E-state index contributed by atoms with van der Waals surface area (Å²) < 4.78 is 0. The SMILES string of the molecule is Cc1ccc(C(=O)N2CCc3[nH]nc(C(=O)NCC4CCCCC4)c3C2)s1. The molecule has 1 saturated carbocycles. The van der Waals surface area contributed by atoms with Gasteiger partial charge in [0.1, 0.15) is 0 Å². The number of hydrogen-bond acceptors (Lipinski definition) is 4. The van der Waals surface area contributed by atoms with E-state index >= 15 is 0 Å². The van der Waals surface area contributed by atoms with Gasteiger partial charge in [-0.05, 0) is 37.8 Å². The third kappa shape index (κ3) is 3.93. The summed E-state index contributed by atoms with van der Waals surface area (Å²) in [6.45, 7) is 3.81. The lowest BCUT2D eigenvalue weighted by Gasteiger charge is -2.26. The maximum Gasteiger partial charge on any atom is 0.272 e. The Hall–Kier alpha value is -2.15. The average molecular weight is 387 g/mol. The molecule has 0 saturated heterocycles. The molecule has 0 aromatic carbocycles. The lowest BCUT2D eigenvalue weighted by molar-refractivity contribution is 0.0736. The van der Waals surface area contributed by atoms with E-state index in [0.717, 1.165) is 27.6 Å². The van der Waals surface area contributed by atoms with E-state index < -0.39 is 0 Å². The molecule has 144 valence electrons. The number of aromatic nitrogens is 2. The highest BCUT2D eigenvalue weighted by Crippen LogP contribution is 2.25. The van der Waals surface area contributed by atoms with Crippen LogP contribution in [-0.4, -0.2) is 40.0 Å². The van der Waals surface area contributed by atoms with Crippen LogP contribution < -0.4 is 5.32 Å². The molecule has 0 atom stereocenters. The Kier molecular flexibility index (Phi) is 5.29. The zero-order valence-corrected chi connectivity index (χ0v) is 16.5. The van der Waals surface area contributed by atoms with Crippen molar-refractivity contribution in [3.8, 4) is 0 Å². The number of carbonyl (C=O) groups excluding carboxylic acids is 2. The van der Waals surface area contributed by atoms with Crippen LogP contribution in [0.25, 0.3) is 0 Å². The van der Waals surface area contributed by atoms with E-state index in [0.29, 0.717) is 31.1 Å². The zero-order chi connectivity index (χ0) is 18.8. The highest BCUT2D eigenvalue weighted by Gasteiger charge is 2.29. The highest BCUT2D eigenvalue weighted by atomic mass is 32.1. The quantitative estimate of drug-likeness (QED) is 0.846. The first-order valence-electron chi connectivity index (χ1n) is 9.82. The molecule has 27 heavy (non-hydrogen) atoms. The normalized spacial score (nSPS) is 17.6. The maximum absolute atomic E-state index is 12.8. The van der Waals surface area contributed by atoms with Gasteiger partial charge in [-0.2, -0.15) is 5.10 Å². The van der Waals surface area contributed by atoms with E-state index in [2.05, 4.69) is 15.5 Å². The van der Waals surface area contributed by atoms with Gasteiger partial charge in [0.25, 0.3) is 11.8 Å². The predicted octanol–water partition coefficient (Wildman–Crippen LogP) is 3.29. The molecule has 2 aromatic rings. The summed E-state index contributed by atoms with van der Waals surface area (Å²) in [4.78, 5) is 29.1. The van der Waals surface area contributed by atoms with Crippen molar-refractivity contribution in [1.82, 2.24) is 20.4 Å². The molecule has 7 heteroatoms. The van der Waals surface area contributed by atoms with Crippen LogP contribution in [0.1, 0.15) is 68.4 Å². The second-order valence-corrected chi connectivity index (χ2v) is 8.92. The number of H-pyrrole nitrogens is 1. The summed E-state index contributed by atoms with van der Waals surface area (Å²) in [5.41, 5.74) is 2.29. The van der Waals surface area contributed by atoms with Gasteiger partial charge in [-0.3, -0.25) is 14.7 Å². The first-order chi connectivity index (χ1) is 13.1. The summed E-state index contributed by atoms with van der Waals surface area (Å²) >= 11 is 1.51. The van der Waals surface area contributed by atoms with E-state index in [1.165, 1.54) is 43.4 Å². The van der Waals surface area contributed by atoms with E-state index in [1.54, 1.807) is 0 Å². The first-order valence-corrected chi connectivity index (χ1v) is 10.6. The summed E-state index contributed by atoms with van der Waals surface area (Å²) in [7, 11) is 0. The fraction of sp³-hybridized carbons (Fsp3) is 0.550. The largest absolute Gasteiger partial charge is 0.350 e. The molecular weight excluding hydrogens is 360 g/mol. The molecule has 2 aromatic heterocycles. The van der Waals surface area contributed by atoms with Crippen molar-refractivity contribution in [2.75, 3.05) is 13.1 Å². The van der Waals surface area contributed by atoms with Crippen LogP contribution in [0.15, 0.2) is 12.1 Å². The Morgan fingerprint density at radius 1 is 1.30 bits per heavy atom. The van der Waals surface area contributed by atoms with Crippen molar-refractivity contribution < 1.29 is 9.59 Å². The van der Waals surface area contributed by atoms with Gasteiger partial charge in [0, 0.05) is 35.6 Å². The summed E-state index contributed by atoms with van der Waals surface area (Å²) in [5.74, 6) is 0.491. The molecule has 0 unspecified atom stereocenters. The van der Waals surface area contributed by atoms with Crippen molar-refractivity contribution in [1.29, 1.82) is 0 Å². The van der Waals surface area contributed by atoms with E-state index in [4.69, 9.17) is 0 Å². The fourth-order valence-electron chi connectivity index (χ4n) is 4.07. The number of fused-ring (bicyclic) bond motifs is 1. The minimum Gasteiger partial charge on any atom is -0.350 e. The molecule has 6 nitrogen and oxygen atoms in total. The molecule has 0 bridgehead atoms. The van der Waals surface area contributed by atoms with Gasteiger partial charge in [-0.1, -0.05) is 19.3 Å². The third-order valence-electron chi connectivity index (χ3n) is 5.66. The van der Waals surface area contributed by atoms with Crippen molar-refractivity contribution in [3.05, 3.63) is 38.8 Å². The molecule has 2 amide bonds. The number of nitrogens with one attached hydrogen (secondary N) is 2. The smallest absolute Gasteiger partial charge is 0.272 e. The van der Waals surface area contributed by atoms with Gasteiger partial charge in [0.15, 0.2) is 5.69 Å². The minimum atomic E-state index is -0.126. The number of rotatable bonds is 4. The van der Waals surface area contributed by atoms with Crippen molar-refractivity contribution >= 4 is 23.2 Å². The first kappa shape index (κ1) is 18.2. The molecule has 4 rings (SSSR count). The van der Waals surface area contributed by atoms with Crippen LogP contribution in [-0.2, 0) is 13.0 Å². The van der Waals surface area contributed by atoms with Gasteiger partial charge in [-0.15, -0.1) is 11.3 Å². The van der Waals surface area contributed by atoms with E-state index in [-0.39, 0.29) is 11.8 Å². The van der Waals surface area contributed by atoms with Gasteiger partial charge >= 0.3 is 0 Å². The van der Waals surface area contributed by atoms with E-state index in [1.807, 2.05) is 24.0 Å². The molecular formula is C20H26N4O2S. The number of carbonyl (C=O) groups is 2. The zero-order valence-electron chi connectivity index (χ0n) is 15.7. The number of nitrogens with zero attached hydrogens (tertiary/aromatic N) is 2. The fourth-order valence-corrected chi connectivity index (χ4v) is 4.91. The number of thiophene rings is 1.